The van der Waals surface area contributed by atoms with Gasteiger partial charge in [0.15, 0.2) is 0 Å². The van der Waals surface area contributed by atoms with Crippen molar-refractivity contribution in [2.45, 2.75) is 0 Å². The predicted molar refractivity (Wildman–Crippen MR) is 218 cm³/mol. The van der Waals surface area contributed by atoms with Crippen molar-refractivity contribution < 1.29 is 0 Å². The zero-order chi connectivity index (χ0) is 33.9. The minimum absolute atomic E-state index is 1.00. The summed E-state index contributed by atoms with van der Waals surface area (Å²) in [5.41, 5.74) is 15.5. The lowest BCUT2D eigenvalue weighted by molar-refractivity contribution is 1.17. The van der Waals surface area contributed by atoms with E-state index in [1.807, 2.05) is 0 Å². The quantitative estimate of drug-likeness (QED) is 0.185. The molecule has 0 saturated carbocycles. The van der Waals surface area contributed by atoms with E-state index in [4.69, 9.17) is 4.98 Å². The van der Waals surface area contributed by atoms with Crippen LogP contribution < -0.4 is 0 Å². The van der Waals surface area contributed by atoms with Crippen molar-refractivity contribution in [1.82, 2.24) is 14.1 Å². The minimum Gasteiger partial charge on any atom is -0.309 e. The van der Waals surface area contributed by atoms with E-state index in [0.29, 0.717) is 0 Å². The summed E-state index contributed by atoms with van der Waals surface area (Å²) in [6.07, 6.45) is 0. The number of para-hydroxylation sites is 3. The molecule has 0 atom stereocenters. The summed E-state index contributed by atoms with van der Waals surface area (Å²) < 4.78 is 4.81. The molecule has 0 amide bonds. The fraction of sp³-hybridized carbons (Fsp3) is 0. The maximum atomic E-state index is 5.18. The summed E-state index contributed by atoms with van der Waals surface area (Å²) in [6, 6.07) is 64.2. The third-order valence-electron chi connectivity index (χ3n) is 11.2. The fourth-order valence-corrected chi connectivity index (χ4v) is 8.94. The summed E-state index contributed by atoms with van der Waals surface area (Å²) in [7, 11) is 0. The lowest BCUT2D eigenvalue weighted by Gasteiger charge is -2.12. The molecule has 240 valence electrons. The van der Waals surface area contributed by atoms with Gasteiger partial charge in [0.2, 0.25) is 0 Å². The normalized spacial score (nSPS) is 12.2. The van der Waals surface area contributed by atoms with Crippen LogP contribution in [0.4, 0.5) is 0 Å². The molecule has 52 heavy (non-hydrogen) atoms. The molecule has 11 aromatic rings. The number of rotatable bonds is 3. The van der Waals surface area contributed by atoms with Gasteiger partial charge in [0.25, 0.3) is 0 Å². The Kier molecular flexibility index (Phi) is 5.50. The highest BCUT2D eigenvalue weighted by Gasteiger charge is 2.23. The van der Waals surface area contributed by atoms with E-state index in [2.05, 4.69) is 185 Å². The van der Waals surface area contributed by atoms with Crippen molar-refractivity contribution in [3.63, 3.8) is 0 Å². The SMILES string of the molecule is c1ccc2c(c1)-c1cccc3nc(-c4ccc5cc(-n6c7ccccc7c7cc(-n8c9ccccc9c9ccccc98)ccc76)ccc5c4)cc-2c13. The summed E-state index contributed by atoms with van der Waals surface area (Å²) in [5, 5.41) is 8.69. The lowest BCUT2D eigenvalue weighted by atomic mass is 10.0. The maximum Gasteiger partial charge on any atom is 0.0722 e. The van der Waals surface area contributed by atoms with Gasteiger partial charge < -0.3 is 9.13 Å². The van der Waals surface area contributed by atoms with Crippen molar-refractivity contribution in [3.05, 3.63) is 176 Å². The van der Waals surface area contributed by atoms with Gasteiger partial charge in [0.05, 0.1) is 33.3 Å². The van der Waals surface area contributed by atoms with E-state index in [9.17, 15) is 0 Å². The molecule has 8 aromatic carbocycles. The highest BCUT2D eigenvalue weighted by Crippen LogP contribution is 2.48. The number of benzene rings is 8. The van der Waals surface area contributed by atoms with Gasteiger partial charge in [-0.3, -0.25) is 0 Å². The van der Waals surface area contributed by atoms with Crippen LogP contribution in [0, 0.1) is 0 Å². The number of nitrogens with zero attached hydrogens (tertiary/aromatic N) is 3. The van der Waals surface area contributed by atoms with E-state index in [1.54, 1.807) is 0 Å². The van der Waals surface area contributed by atoms with Gasteiger partial charge >= 0.3 is 0 Å². The van der Waals surface area contributed by atoms with Crippen LogP contribution in [0.15, 0.2) is 176 Å². The van der Waals surface area contributed by atoms with Gasteiger partial charge in [-0.05, 0) is 99.8 Å². The number of aromatic nitrogens is 3. The predicted octanol–water partition coefficient (Wildman–Crippen LogP) is 12.9. The van der Waals surface area contributed by atoms with E-state index < -0.39 is 0 Å². The van der Waals surface area contributed by atoms with Gasteiger partial charge in [-0.2, -0.15) is 0 Å². The van der Waals surface area contributed by atoms with Crippen LogP contribution in [-0.4, -0.2) is 14.1 Å². The van der Waals surface area contributed by atoms with E-state index in [1.165, 1.54) is 87.7 Å². The third-order valence-corrected chi connectivity index (χ3v) is 11.2. The Morgan fingerprint density at radius 3 is 1.62 bits per heavy atom. The van der Waals surface area contributed by atoms with Crippen LogP contribution in [0.2, 0.25) is 0 Å². The zero-order valence-electron chi connectivity index (χ0n) is 28.1. The monoisotopic (exact) mass is 659 g/mol. The molecule has 0 aliphatic heterocycles. The Morgan fingerprint density at radius 2 is 0.885 bits per heavy atom. The molecule has 0 spiro atoms. The van der Waals surface area contributed by atoms with Gasteiger partial charge in [0, 0.05) is 43.9 Å². The number of hydrogen-bond acceptors (Lipinski definition) is 1. The Morgan fingerprint density at radius 1 is 0.346 bits per heavy atom. The second-order valence-electron chi connectivity index (χ2n) is 14.0. The molecule has 0 N–H and O–H groups in total. The zero-order valence-corrected chi connectivity index (χ0v) is 28.1. The maximum absolute atomic E-state index is 5.18. The Labute approximate surface area is 299 Å². The summed E-state index contributed by atoms with van der Waals surface area (Å²) >= 11 is 0. The summed E-state index contributed by atoms with van der Waals surface area (Å²) in [5.74, 6) is 0. The van der Waals surface area contributed by atoms with Crippen molar-refractivity contribution in [1.29, 1.82) is 0 Å². The number of hydrogen-bond donors (Lipinski definition) is 0. The topological polar surface area (TPSA) is 22.8 Å². The van der Waals surface area contributed by atoms with Crippen molar-refractivity contribution in [3.8, 4) is 44.9 Å². The van der Waals surface area contributed by atoms with Crippen LogP contribution in [0.1, 0.15) is 0 Å². The average Bonchev–Trinajstić information content (AvgIpc) is 3.84. The second-order valence-corrected chi connectivity index (χ2v) is 14.0. The van der Waals surface area contributed by atoms with E-state index in [-0.39, 0.29) is 0 Å². The van der Waals surface area contributed by atoms with Crippen LogP contribution in [0.3, 0.4) is 0 Å². The summed E-state index contributed by atoms with van der Waals surface area (Å²) in [6.45, 7) is 0. The summed E-state index contributed by atoms with van der Waals surface area (Å²) in [4.78, 5) is 5.18. The van der Waals surface area contributed by atoms with Gasteiger partial charge in [-0.1, -0.05) is 109 Å². The van der Waals surface area contributed by atoms with Gasteiger partial charge in [-0.15, -0.1) is 0 Å². The Hall–Kier alpha value is -6.97. The van der Waals surface area contributed by atoms with Gasteiger partial charge in [-0.25, -0.2) is 4.98 Å². The molecule has 12 rings (SSSR count). The fourth-order valence-electron chi connectivity index (χ4n) is 8.94. The van der Waals surface area contributed by atoms with Crippen molar-refractivity contribution in [2.24, 2.45) is 0 Å². The minimum atomic E-state index is 1.00. The standard InChI is InChI=1S/C49H29N3/c1-2-11-36-35(10-1)40-15-9-16-43-49(40)42(36)29-44(50-43)32-21-20-31-27-33(23-22-30(31)26-32)51-47-19-8-5-14-39(47)41-28-34(24-25-48(41)51)52-45-17-6-3-12-37(45)38-13-4-7-18-46(38)52/h1-29H. The Balaban J connectivity index is 0.997. The van der Waals surface area contributed by atoms with E-state index in [0.717, 1.165) is 22.5 Å². The molecule has 0 unspecified atom stereocenters. The Bertz CT molecular complexity index is 3250. The molecule has 3 heterocycles. The van der Waals surface area contributed by atoms with Crippen LogP contribution in [0.25, 0.3) is 110 Å². The molecule has 0 bridgehead atoms. The van der Waals surface area contributed by atoms with Crippen molar-refractivity contribution >= 4 is 65.3 Å². The molecule has 0 radical (unpaired) electrons. The molecule has 3 heteroatoms. The molecule has 1 aliphatic carbocycles. The van der Waals surface area contributed by atoms with Crippen LogP contribution in [-0.2, 0) is 0 Å². The molecule has 3 aromatic heterocycles. The third kappa shape index (κ3) is 3.77. The number of fused-ring (bicyclic) bond motifs is 10. The molecular weight excluding hydrogens is 631 g/mol. The second kappa shape index (κ2) is 10.3. The first-order valence-corrected chi connectivity index (χ1v) is 17.9. The molecular formula is C49H29N3. The lowest BCUT2D eigenvalue weighted by Crippen LogP contribution is -1.96. The van der Waals surface area contributed by atoms with E-state index >= 15 is 0 Å². The first-order valence-electron chi connectivity index (χ1n) is 17.9. The highest BCUT2D eigenvalue weighted by molar-refractivity contribution is 6.15. The number of pyridine rings is 1. The van der Waals surface area contributed by atoms with Crippen LogP contribution >= 0.6 is 0 Å². The molecule has 0 saturated heterocycles. The molecule has 0 fully saturated rings. The van der Waals surface area contributed by atoms with Crippen molar-refractivity contribution in [2.75, 3.05) is 0 Å². The smallest absolute Gasteiger partial charge is 0.0722 e. The van der Waals surface area contributed by atoms with Gasteiger partial charge in [0.1, 0.15) is 0 Å². The molecule has 3 nitrogen and oxygen atoms in total. The molecule has 1 aliphatic rings. The van der Waals surface area contributed by atoms with Crippen LogP contribution in [0.5, 0.6) is 0 Å². The largest absolute Gasteiger partial charge is 0.309 e. The average molecular weight is 660 g/mol. The first-order chi connectivity index (χ1) is 25.8. The first kappa shape index (κ1) is 27.8. The highest BCUT2D eigenvalue weighted by atomic mass is 15.0.